The van der Waals surface area contributed by atoms with Crippen molar-refractivity contribution >= 4 is 11.9 Å². The third-order valence-electron chi connectivity index (χ3n) is 3.26. The van der Waals surface area contributed by atoms with Crippen LogP contribution in [0.15, 0.2) is 24.3 Å². The minimum atomic E-state index is -1.46. The number of alkyl halides is 1. The van der Waals surface area contributed by atoms with E-state index in [0.29, 0.717) is 0 Å². The van der Waals surface area contributed by atoms with Gasteiger partial charge in [0.2, 0.25) is 5.91 Å². The van der Waals surface area contributed by atoms with Crippen molar-refractivity contribution in [3.05, 3.63) is 35.4 Å². The summed E-state index contributed by atoms with van der Waals surface area (Å²) in [7, 11) is 0. The number of aryl methyl sites for hydroxylation is 1. The summed E-state index contributed by atoms with van der Waals surface area (Å²) in [6.07, 6.45) is 0.910. The van der Waals surface area contributed by atoms with Crippen molar-refractivity contribution in [2.75, 3.05) is 6.67 Å². The number of carboxylic acid groups (broad SMARTS) is 1. The first kappa shape index (κ1) is 16.1. The van der Waals surface area contributed by atoms with E-state index in [1.807, 2.05) is 38.1 Å². The minimum absolute atomic E-state index is 0.00431. The van der Waals surface area contributed by atoms with E-state index in [1.54, 1.807) is 0 Å². The molecule has 110 valence electrons. The summed E-state index contributed by atoms with van der Waals surface area (Å²) in [5, 5.41) is 10.9. The smallest absolute Gasteiger partial charge is 0.328 e. The lowest BCUT2D eigenvalue weighted by atomic mass is 9.92. The third-order valence-corrected chi connectivity index (χ3v) is 3.26. The number of carboxylic acids is 1. The minimum Gasteiger partial charge on any atom is -0.480 e. The van der Waals surface area contributed by atoms with Gasteiger partial charge in [-0.15, -0.1) is 0 Å². The Hall–Kier alpha value is -1.91. The zero-order valence-corrected chi connectivity index (χ0v) is 11.7. The van der Waals surface area contributed by atoms with E-state index in [1.165, 1.54) is 0 Å². The molecule has 2 atom stereocenters. The SMILES string of the molecule is CCC(CC(=O)NC(CF)C(=O)O)c1ccc(C)cc1. The molecule has 2 N–H and O–H groups in total. The Balaban J connectivity index is 2.66. The van der Waals surface area contributed by atoms with Crippen molar-refractivity contribution in [1.29, 1.82) is 0 Å². The maximum absolute atomic E-state index is 12.5. The molecule has 0 heterocycles. The number of hydrogen-bond donors (Lipinski definition) is 2. The Morgan fingerprint density at radius 3 is 2.35 bits per heavy atom. The monoisotopic (exact) mass is 281 g/mol. The summed E-state index contributed by atoms with van der Waals surface area (Å²) in [4.78, 5) is 22.5. The first-order valence-electron chi connectivity index (χ1n) is 6.62. The van der Waals surface area contributed by atoms with Crippen LogP contribution in [-0.4, -0.2) is 29.7 Å². The predicted molar refractivity (Wildman–Crippen MR) is 74.4 cm³/mol. The molecule has 0 aliphatic rings. The van der Waals surface area contributed by atoms with E-state index in [0.717, 1.165) is 17.5 Å². The zero-order chi connectivity index (χ0) is 15.1. The molecule has 0 aromatic heterocycles. The van der Waals surface area contributed by atoms with Gasteiger partial charge in [0.05, 0.1) is 0 Å². The molecule has 0 radical (unpaired) electrons. The summed E-state index contributed by atoms with van der Waals surface area (Å²) < 4.78 is 12.5. The van der Waals surface area contributed by atoms with Crippen LogP contribution < -0.4 is 5.32 Å². The van der Waals surface area contributed by atoms with Crippen molar-refractivity contribution < 1.29 is 19.1 Å². The second kappa shape index (κ2) is 7.62. The topological polar surface area (TPSA) is 66.4 Å². The molecule has 0 aliphatic carbocycles. The van der Waals surface area contributed by atoms with Crippen LogP contribution in [0.4, 0.5) is 4.39 Å². The normalized spacial score (nSPS) is 13.6. The van der Waals surface area contributed by atoms with Crippen LogP contribution in [0.25, 0.3) is 0 Å². The van der Waals surface area contributed by atoms with E-state index >= 15 is 0 Å². The lowest BCUT2D eigenvalue weighted by Crippen LogP contribution is -2.42. The van der Waals surface area contributed by atoms with Crippen LogP contribution in [0.2, 0.25) is 0 Å². The lowest BCUT2D eigenvalue weighted by Gasteiger charge is -2.17. The van der Waals surface area contributed by atoms with Gasteiger partial charge in [-0.2, -0.15) is 0 Å². The van der Waals surface area contributed by atoms with E-state index in [-0.39, 0.29) is 12.3 Å². The maximum atomic E-state index is 12.5. The van der Waals surface area contributed by atoms with E-state index in [2.05, 4.69) is 5.32 Å². The summed E-state index contributed by atoms with van der Waals surface area (Å²) in [6.45, 7) is 2.83. The standard InChI is InChI=1S/C15H20FNO3/c1-3-11(12-6-4-10(2)5-7-12)8-14(18)17-13(9-16)15(19)20/h4-7,11,13H,3,8-9H2,1-2H3,(H,17,18)(H,19,20). The van der Waals surface area contributed by atoms with Crippen LogP contribution in [0.3, 0.4) is 0 Å². The number of nitrogens with one attached hydrogen (secondary N) is 1. The van der Waals surface area contributed by atoms with Crippen LogP contribution in [-0.2, 0) is 9.59 Å². The van der Waals surface area contributed by atoms with Gasteiger partial charge in [-0.1, -0.05) is 36.8 Å². The highest BCUT2D eigenvalue weighted by Crippen LogP contribution is 2.23. The molecule has 0 aliphatic heterocycles. The van der Waals surface area contributed by atoms with Gasteiger partial charge in [0.15, 0.2) is 6.04 Å². The highest BCUT2D eigenvalue weighted by Gasteiger charge is 2.21. The molecular weight excluding hydrogens is 261 g/mol. The number of carbonyl (C=O) groups is 2. The molecule has 5 heteroatoms. The number of hydrogen-bond acceptors (Lipinski definition) is 2. The Labute approximate surface area is 118 Å². The number of carbonyl (C=O) groups excluding carboxylic acids is 1. The number of rotatable bonds is 7. The summed E-state index contributed by atoms with van der Waals surface area (Å²) >= 11 is 0. The molecule has 1 aromatic carbocycles. The number of aliphatic carboxylic acids is 1. The van der Waals surface area contributed by atoms with E-state index in [9.17, 15) is 14.0 Å². The highest BCUT2D eigenvalue weighted by molar-refractivity contribution is 5.84. The Morgan fingerprint density at radius 1 is 1.30 bits per heavy atom. The van der Waals surface area contributed by atoms with E-state index < -0.39 is 24.6 Å². The summed E-state index contributed by atoms with van der Waals surface area (Å²) in [5.74, 6) is -1.80. The van der Waals surface area contributed by atoms with Gasteiger partial charge in [0.1, 0.15) is 6.67 Å². The average Bonchev–Trinajstić information content (AvgIpc) is 2.43. The Bertz CT molecular complexity index is 459. The van der Waals surface area contributed by atoms with Gasteiger partial charge in [-0.05, 0) is 24.8 Å². The largest absolute Gasteiger partial charge is 0.480 e. The van der Waals surface area contributed by atoms with Gasteiger partial charge in [0, 0.05) is 6.42 Å². The maximum Gasteiger partial charge on any atom is 0.328 e. The number of halogens is 1. The molecule has 2 unspecified atom stereocenters. The van der Waals surface area contributed by atoms with Crippen molar-refractivity contribution in [3.63, 3.8) is 0 Å². The fourth-order valence-corrected chi connectivity index (χ4v) is 1.98. The average molecular weight is 281 g/mol. The summed E-state index contributed by atoms with van der Waals surface area (Å²) in [6, 6.07) is 6.40. The van der Waals surface area contributed by atoms with Crippen LogP contribution in [0.5, 0.6) is 0 Å². The van der Waals surface area contributed by atoms with Gasteiger partial charge >= 0.3 is 5.97 Å². The molecule has 1 rings (SSSR count). The van der Waals surface area contributed by atoms with Crippen molar-refractivity contribution in [2.45, 2.75) is 38.6 Å². The molecule has 4 nitrogen and oxygen atoms in total. The molecule has 1 amide bonds. The number of benzene rings is 1. The summed E-state index contributed by atoms with van der Waals surface area (Å²) in [5.41, 5.74) is 2.16. The van der Waals surface area contributed by atoms with Crippen molar-refractivity contribution in [1.82, 2.24) is 5.32 Å². The number of amides is 1. The van der Waals surface area contributed by atoms with Gasteiger partial charge < -0.3 is 10.4 Å². The van der Waals surface area contributed by atoms with Crippen LogP contribution >= 0.6 is 0 Å². The molecular formula is C15H20FNO3. The second-order valence-corrected chi connectivity index (χ2v) is 4.83. The lowest BCUT2D eigenvalue weighted by molar-refractivity contribution is -0.142. The molecule has 1 aromatic rings. The third kappa shape index (κ3) is 4.64. The van der Waals surface area contributed by atoms with Crippen molar-refractivity contribution in [3.8, 4) is 0 Å². The first-order chi connectivity index (χ1) is 9.47. The zero-order valence-electron chi connectivity index (χ0n) is 11.7. The van der Waals surface area contributed by atoms with Gasteiger partial charge in [-0.25, -0.2) is 9.18 Å². The first-order valence-corrected chi connectivity index (χ1v) is 6.62. The fraction of sp³-hybridized carbons (Fsp3) is 0.467. The highest BCUT2D eigenvalue weighted by atomic mass is 19.1. The Kier molecular flexibility index (Phi) is 6.15. The van der Waals surface area contributed by atoms with Crippen LogP contribution in [0, 0.1) is 6.92 Å². The van der Waals surface area contributed by atoms with Crippen LogP contribution in [0.1, 0.15) is 36.8 Å². The van der Waals surface area contributed by atoms with Crippen molar-refractivity contribution in [2.24, 2.45) is 0 Å². The molecule has 0 saturated carbocycles. The molecule has 0 fully saturated rings. The molecule has 20 heavy (non-hydrogen) atoms. The second-order valence-electron chi connectivity index (χ2n) is 4.83. The molecule has 0 saturated heterocycles. The quantitative estimate of drug-likeness (QED) is 0.806. The molecule has 0 spiro atoms. The van der Waals surface area contributed by atoms with E-state index in [4.69, 9.17) is 5.11 Å². The van der Waals surface area contributed by atoms with Gasteiger partial charge in [0.25, 0.3) is 0 Å². The van der Waals surface area contributed by atoms with Gasteiger partial charge in [-0.3, -0.25) is 4.79 Å². The molecule has 0 bridgehead atoms. The Morgan fingerprint density at radius 2 is 1.90 bits per heavy atom. The predicted octanol–water partition coefficient (Wildman–Crippen LogP) is 2.42. The fourth-order valence-electron chi connectivity index (χ4n) is 1.98.